The Balaban J connectivity index is 2.32. The largest absolute Gasteiger partial charge is 0.386 e. The number of hydrogen-bond donors (Lipinski definition) is 1. The van der Waals surface area contributed by atoms with Crippen LogP contribution in [0, 0.1) is 5.92 Å². The highest BCUT2D eigenvalue weighted by Crippen LogP contribution is 2.27. The van der Waals surface area contributed by atoms with E-state index in [1.54, 1.807) is 6.20 Å². The van der Waals surface area contributed by atoms with E-state index in [1.807, 2.05) is 0 Å². The van der Waals surface area contributed by atoms with Gasteiger partial charge in [-0.2, -0.15) is 0 Å². The number of hydrogen-bond acceptors (Lipinski definition) is 3. The molecule has 0 fully saturated rings. The standard InChI is InChI=1S/C10H16ClNOS/c1-7(2)4-3-5-8(13)10-12-6-9(11)14-10/h6-8,13H,3-5H2,1-2H3. The maximum atomic E-state index is 9.74. The topological polar surface area (TPSA) is 33.1 Å². The Hall–Kier alpha value is -0.120. The molecule has 0 saturated heterocycles. The molecule has 4 heteroatoms. The van der Waals surface area contributed by atoms with E-state index in [0.717, 1.165) is 24.3 Å². The van der Waals surface area contributed by atoms with Gasteiger partial charge < -0.3 is 5.11 Å². The molecule has 1 heterocycles. The zero-order valence-corrected chi connectivity index (χ0v) is 10.1. The Morgan fingerprint density at radius 1 is 1.50 bits per heavy atom. The van der Waals surface area contributed by atoms with Crippen LogP contribution in [0.25, 0.3) is 0 Å². The number of thiazole rings is 1. The van der Waals surface area contributed by atoms with Crippen molar-refractivity contribution in [1.82, 2.24) is 4.98 Å². The molecule has 1 unspecified atom stereocenters. The van der Waals surface area contributed by atoms with Crippen molar-refractivity contribution in [3.8, 4) is 0 Å². The quantitative estimate of drug-likeness (QED) is 0.842. The number of rotatable bonds is 5. The molecule has 0 aliphatic carbocycles. The molecular formula is C10H16ClNOS. The third-order valence-electron chi connectivity index (χ3n) is 2.04. The van der Waals surface area contributed by atoms with E-state index in [9.17, 15) is 5.11 Å². The van der Waals surface area contributed by atoms with Crippen molar-refractivity contribution in [3.05, 3.63) is 15.5 Å². The molecule has 0 radical (unpaired) electrons. The van der Waals surface area contributed by atoms with E-state index < -0.39 is 6.10 Å². The lowest BCUT2D eigenvalue weighted by Gasteiger charge is -2.08. The van der Waals surface area contributed by atoms with Gasteiger partial charge in [0.2, 0.25) is 0 Å². The molecule has 0 amide bonds. The van der Waals surface area contributed by atoms with Crippen LogP contribution in [0.15, 0.2) is 6.20 Å². The third kappa shape index (κ3) is 3.95. The summed E-state index contributed by atoms with van der Waals surface area (Å²) in [4.78, 5) is 4.05. The summed E-state index contributed by atoms with van der Waals surface area (Å²) in [6, 6.07) is 0. The van der Waals surface area contributed by atoms with Gasteiger partial charge in [0.05, 0.1) is 6.20 Å². The molecule has 1 atom stereocenters. The SMILES string of the molecule is CC(C)CCCC(O)c1ncc(Cl)s1. The summed E-state index contributed by atoms with van der Waals surface area (Å²) in [5.41, 5.74) is 0. The maximum absolute atomic E-state index is 9.74. The molecule has 1 N–H and O–H groups in total. The summed E-state index contributed by atoms with van der Waals surface area (Å²) in [6.45, 7) is 4.37. The van der Waals surface area contributed by atoms with Gasteiger partial charge in [-0.15, -0.1) is 11.3 Å². The van der Waals surface area contributed by atoms with E-state index in [1.165, 1.54) is 11.3 Å². The van der Waals surface area contributed by atoms with Crippen LogP contribution in [0.2, 0.25) is 4.34 Å². The fraction of sp³-hybridized carbons (Fsp3) is 0.700. The van der Waals surface area contributed by atoms with E-state index in [0.29, 0.717) is 10.3 Å². The molecule has 1 aromatic rings. The fourth-order valence-electron chi connectivity index (χ4n) is 1.26. The monoisotopic (exact) mass is 233 g/mol. The lowest BCUT2D eigenvalue weighted by atomic mass is 10.0. The smallest absolute Gasteiger partial charge is 0.123 e. The van der Waals surface area contributed by atoms with Gasteiger partial charge in [0, 0.05) is 0 Å². The fourth-order valence-corrected chi connectivity index (χ4v) is 2.21. The Morgan fingerprint density at radius 3 is 2.71 bits per heavy atom. The lowest BCUT2D eigenvalue weighted by molar-refractivity contribution is 0.161. The molecule has 0 aliphatic rings. The Labute approximate surface area is 93.9 Å². The molecule has 0 aliphatic heterocycles. The summed E-state index contributed by atoms with van der Waals surface area (Å²) in [6.07, 6.45) is 4.12. The minimum absolute atomic E-state index is 0.439. The van der Waals surface area contributed by atoms with Crippen LogP contribution in [0.1, 0.15) is 44.2 Å². The zero-order valence-electron chi connectivity index (χ0n) is 8.53. The van der Waals surface area contributed by atoms with Crippen LogP contribution in [-0.2, 0) is 0 Å². The van der Waals surface area contributed by atoms with Gasteiger partial charge in [0.25, 0.3) is 0 Å². The molecule has 1 rings (SSSR count). The summed E-state index contributed by atoms with van der Waals surface area (Å²) in [5.74, 6) is 0.696. The van der Waals surface area contributed by atoms with Gasteiger partial charge in [0.15, 0.2) is 0 Å². The molecule has 80 valence electrons. The van der Waals surface area contributed by atoms with Crippen LogP contribution in [-0.4, -0.2) is 10.1 Å². The van der Waals surface area contributed by atoms with Gasteiger partial charge in [-0.3, -0.25) is 0 Å². The van der Waals surface area contributed by atoms with E-state index >= 15 is 0 Å². The predicted molar refractivity (Wildman–Crippen MR) is 60.8 cm³/mol. The highest BCUT2D eigenvalue weighted by atomic mass is 35.5. The molecule has 0 aromatic carbocycles. The first-order valence-electron chi connectivity index (χ1n) is 4.89. The average Bonchev–Trinajstić information content (AvgIpc) is 2.51. The van der Waals surface area contributed by atoms with Crippen molar-refractivity contribution in [3.63, 3.8) is 0 Å². The summed E-state index contributed by atoms with van der Waals surface area (Å²) >= 11 is 7.09. The van der Waals surface area contributed by atoms with Crippen LogP contribution < -0.4 is 0 Å². The van der Waals surface area contributed by atoms with Crippen LogP contribution in [0.3, 0.4) is 0 Å². The van der Waals surface area contributed by atoms with Gasteiger partial charge in [0.1, 0.15) is 15.4 Å². The van der Waals surface area contributed by atoms with Crippen LogP contribution in [0.4, 0.5) is 0 Å². The van der Waals surface area contributed by atoms with Gasteiger partial charge in [-0.1, -0.05) is 38.3 Å². The minimum atomic E-state index is -0.439. The first kappa shape index (κ1) is 12.0. The molecular weight excluding hydrogens is 218 g/mol. The van der Waals surface area contributed by atoms with Crippen molar-refractivity contribution in [2.75, 3.05) is 0 Å². The molecule has 14 heavy (non-hydrogen) atoms. The predicted octanol–water partition coefficient (Wildman–Crippen LogP) is 3.66. The van der Waals surface area contributed by atoms with Gasteiger partial charge in [-0.25, -0.2) is 4.98 Å². The molecule has 2 nitrogen and oxygen atoms in total. The van der Waals surface area contributed by atoms with Gasteiger partial charge >= 0.3 is 0 Å². The second kappa shape index (κ2) is 5.69. The van der Waals surface area contributed by atoms with Crippen LogP contribution in [0.5, 0.6) is 0 Å². The highest BCUT2D eigenvalue weighted by Gasteiger charge is 2.11. The van der Waals surface area contributed by atoms with Crippen LogP contribution >= 0.6 is 22.9 Å². The number of nitrogens with zero attached hydrogens (tertiary/aromatic N) is 1. The summed E-state index contributed by atoms with van der Waals surface area (Å²) in [5, 5.41) is 10.5. The second-order valence-corrected chi connectivity index (χ2v) is 5.54. The van der Waals surface area contributed by atoms with Crippen molar-refractivity contribution < 1.29 is 5.11 Å². The first-order valence-corrected chi connectivity index (χ1v) is 6.08. The average molecular weight is 234 g/mol. The first-order chi connectivity index (χ1) is 6.59. The van der Waals surface area contributed by atoms with E-state index in [-0.39, 0.29) is 0 Å². The Kier molecular flexibility index (Phi) is 4.85. The normalized spacial score (nSPS) is 13.5. The Morgan fingerprint density at radius 2 is 2.21 bits per heavy atom. The Bertz CT molecular complexity index is 275. The minimum Gasteiger partial charge on any atom is -0.386 e. The number of aromatic nitrogens is 1. The zero-order chi connectivity index (χ0) is 10.6. The lowest BCUT2D eigenvalue weighted by Crippen LogP contribution is -1.97. The van der Waals surface area contributed by atoms with Crippen molar-refractivity contribution >= 4 is 22.9 Å². The second-order valence-electron chi connectivity index (χ2n) is 3.84. The van der Waals surface area contributed by atoms with E-state index in [4.69, 9.17) is 11.6 Å². The number of aliphatic hydroxyl groups excluding tert-OH is 1. The third-order valence-corrected chi connectivity index (χ3v) is 3.26. The number of halogens is 1. The molecule has 1 aromatic heterocycles. The van der Waals surface area contributed by atoms with Crippen molar-refractivity contribution in [1.29, 1.82) is 0 Å². The summed E-state index contributed by atoms with van der Waals surface area (Å²) < 4.78 is 0.642. The van der Waals surface area contributed by atoms with Crippen molar-refractivity contribution in [2.45, 2.75) is 39.2 Å². The highest BCUT2D eigenvalue weighted by molar-refractivity contribution is 7.15. The van der Waals surface area contributed by atoms with Gasteiger partial charge in [-0.05, 0) is 12.3 Å². The van der Waals surface area contributed by atoms with Crippen molar-refractivity contribution in [2.24, 2.45) is 5.92 Å². The maximum Gasteiger partial charge on any atom is 0.123 e. The molecule has 0 spiro atoms. The summed E-state index contributed by atoms with van der Waals surface area (Å²) in [7, 11) is 0. The molecule has 0 saturated carbocycles. The van der Waals surface area contributed by atoms with E-state index in [2.05, 4.69) is 18.8 Å². The number of aliphatic hydroxyl groups is 1. The molecule has 0 bridgehead atoms.